The summed E-state index contributed by atoms with van der Waals surface area (Å²) in [4.78, 5) is 30.3. The Hall–Kier alpha value is -2.40. The highest BCUT2D eigenvalue weighted by Crippen LogP contribution is 2.26. The van der Waals surface area contributed by atoms with E-state index >= 15 is 0 Å². The zero-order valence-electron chi connectivity index (χ0n) is 13.3. The monoisotopic (exact) mass is 343 g/mol. The largest absolute Gasteiger partial charge is 0.312 e. The molecule has 5 nitrogen and oxygen atoms in total. The van der Waals surface area contributed by atoms with Gasteiger partial charge < -0.3 is 10.2 Å². The number of hydrogen-bond donors (Lipinski definition) is 1. The molecule has 124 valence electrons. The van der Waals surface area contributed by atoms with E-state index in [0.29, 0.717) is 17.4 Å². The van der Waals surface area contributed by atoms with Gasteiger partial charge >= 0.3 is 0 Å². The molecule has 1 aromatic heterocycles. The van der Waals surface area contributed by atoms with Crippen LogP contribution in [0.5, 0.6) is 0 Å². The molecule has 1 aromatic carbocycles. The van der Waals surface area contributed by atoms with Crippen LogP contribution in [-0.4, -0.2) is 23.3 Å². The third kappa shape index (κ3) is 3.57. The third-order valence-corrected chi connectivity index (χ3v) is 4.35. The third-order valence-electron chi connectivity index (χ3n) is 4.13. The van der Waals surface area contributed by atoms with Gasteiger partial charge in [-0.2, -0.15) is 0 Å². The maximum Gasteiger partial charge on any atom is 0.230 e. The molecule has 2 amide bonds. The van der Waals surface area contributed by atoms with Crippen LogP contribution in [0.1, 0.15) is 18.9 Å². The van der Waals surface area contributed by atoms with Crippen LogP contribution in [0.25, 0.3) is 0 Å². The van der Waals surface area contributed by atoms with Crippen molar-refractivity contribution in [1.82, 2.24) is 4.98 Å². The minimum atomic E-state index is -0.388. The van der Waals surface area contributed by atoms with Crippen LogP contribution in [-0.2, 0) is 16.0 Å². The van der Waals surface area contributed by atoms with Crippen molar-refractivity contribution in [2.45, 2.75) is 19.8 Å². The van der Waals surface area contributed by atoms with Crippen LogP contribution in [0.15, 0.2) is 42.6 Å². The number of carbonyl (C=O) groups is 2. The predicted molar refractivity (Wildman–Crippen MR) is 94.2 cm³/mol. The molecule has 24 heavy (non-hydrogen) atoms. The van der Waals surface area contributed by atoms with Crippen LogP contribution in [0.3, 0.4) is 0 Å². The molecule has 0 bridgehead atoms. The number of halogens is 1. The van der Waals surface area contributed by atoms with Gasteiger partial charge in [0, 0.05) is 24.8 Å². The molecular formula is C18H18ClN3O2. The number of rotatable bonds is 4. The lowest BCUT2D eigenvalue weighted by Crippen LogP contribution is -2.28. The van der Waals surface area contributed by atoms with Crippen molar-refractivity contribution in [1.29, 1.82) is 0 Å². The maximum absolute atomic E-state index is 12.4. The Labute approximate surface area is 145 Å². The highest BCUT2D eigenvalue weighted by Gasteiger charge is 2.35. The average Bonchev–Trinajstić information content (AvgIpc) is 2.99. The van der Waals surface area contributed by atoms with E-state index in [0.717, 1.165) is 12.1 Å². The summed E-state index contributed by atoms with van der Waals surface area (Å²) in [5.74, 6) is -0.197. The molecule has 1 saturated heterocycles. The number of carbonyl (C=O) groups excluding carboxylic acids is 2. The minimum Gasteiger partial charge on any atom is -0.312 e. The lowest BCUT2D eigenvalue weighted by atomic mass is 10.1. The second-order valence-electron chi connectivity index (χ2n) is 5.78. The second kappa shape index (κ2) is 7.01. The van der Waals surface area contributed by atoms with Gasteiger partial charge in [0.1, 0.15) is 5.82 Å². The molecule has 1 aliphatic rings. The molecule has 1 atom stereocenters. The number of aryl methyl sites for hydroxylation is 1. The van der Waals surface area contributed by atoms with Crippen molar-refractivity contribution in [3.8, 4) is 0 Å². The molecule has 0 spiro atoms. The van der Waals surface area contributed by atoms with Crippen molar-refractivity contribution in [3.05, 3.63) is 53.2 Å². The first-order chi connectivity index (χ1) is 11.6. The van der Waals surface area contributed by atoms with Gasteiger partial charge in [0.25, 0.3) is 0 Å². The molecule has 0 radical (unpaired) electrons. The first kappa shape index (κ1) is 16.5. The van der Waals surface area contributed by atoms with Crippen LogP contribution in [0, 0.1) is 5.92 Å². The zero-order chi connectivity index (χ0) is 17.1. The van der Waals surface area contributed by atoms with Gasteiger partial charge in [-0.05, 0) is 36.2 Å². The van der Waals surface area contributed by atoms with Gasteiger partial charge in [0.05, 0.1) is 10.9 Å². The molecule has 2 heterocycles. The number of nitrogens with one attached hydrogen (secondary N) is 1. The first-order valence-corrected chi connectivity index (χ1v) is 8.26. The molecule has 1 aliphatic heterocycles. The Balaban J connectivity index is 1.67. The number of pyridine rings is 1. The van der Waals surface area contributed by atoms with Crippen molar-refractivity contribution in [2.75, 3.05) is 16.8 Å². The molecule has 0 aliphatic carbocycles. The minimum absolute atomic E-state index is 0.0385. The summed E-state index contributed by atoms with van der Waals surface area (Å²) in [6.45, 7) is 2.46. The normalized spacial score (nSPS) is 17.2. The van der Waals surface area contributed by atoms with Gasteiger partial charge in [-0.3, -0.25) is 9.59 Å². The molecule has 1 fully saturated rings. The maximum atomic E-state index is 12.4. The van der Waals surface area contributed by atoms with Crippen molar-refractivity contribution in [3.63, 3.8) is 0 Å². The number of aromatic nitrogens is 1. The zero-order valence-corrected chi connectivity index (χ0v) is 14.1. The van der Waals surface area contributed by atoms with Crippen LogP contribution in [0.4, 0.5) is 11.5 Å². The Bertz CT molecular complexity index is 744. The molecule has 3 rings (SSSR count). The van der Waals surface area contributed by atoms with Gasteiger partial charge in [-0.15, -0.1) is 0 Å². The predicted octanol–water partition coefficient (Wildman–Crippen LogP) is 3.29. The van der Waals surface area contributed by atoms with Crippen molar-refractivity contribution in [2.24, 2.45) is 5.92 Å². The fraction of sp³-hybridized carbons (Fsp3) is 0.278. The quantitative estimate of drug-likeness (QED) is 0.926. The highest BCUT2D eigenvalue weighted by atomic mass is 35.5. The Kier molecular flexibility index (Phi) is 4.81. The van der Waals surface area contributed by atoms with Crippen LogP contribution >= 0.6 is 11.6 Å². The molecule has 0 saturated carbocycles. The van der Waals surface area contributed by atoms with E-state index in [2.05, 4.69) is 17.2 Å². The number of amides is 2. The average molecular weight is 344 g/mol. The summed E-state index contributed by atoms with van der Waals surface area (Å²) in [5, 5.41) is 3.24. The van der Waals surface area contributed by atoms with Crippen LogP contribution in [0.2, 0.25) is 5.02 Å². The molecule has 6 heteroatoms. The van der Waals surface area contributed by atoms with E-state index < -0.39 is 0 Å². The second-order valence-corrected chi connectivity index (χ2v) is 6.21. The smallest absolute Gasteiger partial charge is 0.230 e. The van der Waals surface area contributed by atoms with Gasteiger partial charge in [0.2, 0.25) is 11.8 Å². The summed E-state index contributed by atoms with van der Waals surface area (Å²) in [6, 6.07) is 11.2. The van der Waals surface area contributed by atoms with E-state index in [9.17, 15) is 9.59 Å². The molecular weight excluding hydrogens is 326 g/mol. The van der Waals surface area contributed by atoms with Crippen LogP contribution < -0.4 is 10.2 Å². The number of benzene rings is 1. The fourth-order valence-electron chi connectivity index (χ4n) is 2.72. The van der Waals surface area contributed by atoms with E-state index in [-0.39, 0.29) is 24.2 Å². The van der Waals surface area contributed by atoms with E-state index in [1.165, 1.54) is 11.8 Å². The highest BCUT2D eigenvalue weighted by molar-refractivity contribution is 6.30. The SMILES string of the molecule is CCc1ccc(N2C[C@@H](C(=O)Nc3ccc(Cl)cn3)CC2=O)cc1. The lowest BCUT2D eigenvalue weighted by molar-refractivity contribution is -0.122. The van der Waals surface area contributed by atoms with E-state index in [4.69, 9.17) is 11.6 Å². The summed E-state index contributed by atoms with van der Waals surface area (Å²) in [6.07, 6.45) is 2.63. The number of nitrogens with zero attached hydrogens (tertiary/aromatic N) is 2. The van der Waals surface area contributed by atoms with Crippen molar-refractivity contribution >= 4 is 34.9 Å². The number of anilines is 2. The van der Waals surface area contributed by atoms with Gasteiger partial charge in [-0.1, -0.05) is 30.7 Å². The summed E-state index contributed by atoms with van der Waals surface area (Å²) in [5.41, 5.74) is 2.05. The summed E-state index contributed by atoms with van der Waals surface area (Å²) >= 11 is 5.78. The standard InChI is InChI=1S/C18H18ClN3O2/c1-2-12-3-6-15(7-4-12)22-11-13(9-17(22)23)18(24)21-16-8-5-14(19)10-20-16/h3-8,10,13H,2,9,11H2,1H3,(H,20,21,24)/t13-/m0/s1. The van der Waals surface area contributed by atoms with Gasteiger partial charge in [-0.25, -0.2) is 4.98 Å². The fourth-order valence-corrected chi connectivity index (χ4v) is 2.83. The lowest BCUT2D eigenvalue weighted by Gasteiger charge is -2.17. The molecule has 1 N–H and O–H groups in total. The molecule has 2 aromatic rings. The Morgan fingerprint density at radius 3 is 2.67 bits per heavy atom. The summed E-state index contributed by atoms with van der Waals surface area (Å²) < 4.78 is 0. The Morgan fingerprint density at radius 2 is 2.04 bits per heavy atom. The van der Waals surface area contributed by atoms with Crippen molar-refractivity contribution < 1.29 is 9.59 Å². The topological polar surface area (TPSA) is 62.3 Å². The Morgan fingerprint density at radius 1 is 1.29 bits per heavy atom. The van der Waals surface area contributed by atoms with E-state index in [1.54, 1.807) is 17.0 Å². The summed E-state index contributed by atoms with van der Waals surface area (Å²) in [7, 11) is 0. The first-order valence-electron chi connectivity index (χ1n) is 7.88. The molecule has 0 unspecified atom stereocenters. The number of hydrogen-bond acceptors (Lipinski definition) is 3. The van der Waals surface area contributed by atoms with E-state index in [1.807, 2.05) is 24.3 Å². The van der Waals surface area contributed by atoms with Gasteiger partial charge in [0.15, 0.2) is 0 Å².